The number of benzene rings is 2. The molecule has 3 nitrogen and oxygen atoms in total. The maximum atomic E-state index is 12.8. The normalized spacial score (nSPS) is 15.8. The van der Waals surface area contributed by atoms with Crippen molar-refractivity contribution < 1.29 is 8.42 Å². The lowest BCUT2D eigenvalue weighted by Gasteiger charge is -2.29. The number of anilines is 1. The van der Waals surface area contributed by atoms with Gasteiger partial charge in [0, 0.05) is 5.69 Å². The predicted octanol–water partition coefficient (Wildman–Crippen LogP) is 1.43. The topological polar surface area (TPSA) is 60.2 Å². The van der Waals surface area contributed by atoms with Crippen molar-refractivity contribution in [1.29, 1.82) is 0 Å². The van der Waals surface area contributed by atoms with Crippen molar-refractivity contribution in [3.63, 3.8) is 0 Å². The molecule has 2 N–H and O–H groups in total. The van der Waals surface area contributed by atoms with Crippen molar-refractivity contribution in [1.82, 2.24) is 0 Å². The average molecular weight is 285 g/mol. The third kappa shape index (κ3) is 1.69. The molecule has 102 valence electrons. The van der Waals surface area contributed by atoms with Crippen LogP contribution in [0, 0.1) is 0 Å². The van der Waals surface area contributed by atoms with E-state index >= 15 is 0 Å². The SMILES string of the molecule is CC(C)B1c2ccccc2S(=O)(=O)c2cccc(N)c21. The Kier molecular flexibility index (Phi) is 2.90. The van der Waals surface area contributed by atoms with E-state index in [9.17, 15) is 8.42 Å². The molecule has 1 aliphatic rings. The Balaban J connectivity index is 2.45. The third-order valence-corrected chi connectivity index (χ3v) is 5.80. The van der Waals surface area contributed by atoms with Gasteiger partial charge in [-0.2, -0.15) is 0 Å². The van der Waals surface area contributed by atoms with E-state index in [0.717, 1.165) is 10.9 Å². The Labute approximate surface area is 119 Å². The van der Waals surface area contributed by atoms with Gasteiger partial charge in [-0.15, -0.1) is 0 Å². The molecule has 3 rings (SSSR count). The minimum absolute atomic E-state index is 0.0194. The van der Waals surface area contributed by atoms with Crippen LogP contribution in [0.4, 0.5) is 5.69 Å². The monoisotopic (exact) mass is 285 g/mol. The molecular weight excluding hydrogens is 269 g/mol. The summed E-state index contributed by atoms with van der Waals surface area (Å²) < 4.78 is 25.5. The zero-order valence-electron chi connectivity index (χ0n) is 11.5. The van der Waals surface area contributed by atoms with Gasteiger partial charge in [0.2, 0.25) is 16.6 Å². The Morgan fingerprint density at radius 1 is 1.00 bits per heavy atom. The summed E-state index contributed by atoms with van der Waals surface area (Å²) in [6.07, 6.45) is 0. The Bertz CT molecular complexity index is 784. The molecule has 0 amide bonds. The summed E-state index contributed by atoms with van der Waals surface area (Å²) in [5, 5.41) is 0. The number of hydrogen-bond acceptors (Lipinski definition) is 3. The van der Waals surface area contributed by atoms with Crippen LogP contribution in [0.2, 0.25) is 5.82 Å². The zero-order chi connectivity index (χ0) is 14.5. The molecular formula is C15H16BNO2S. The molecule has 0 spiro atoms. The lowest BCUT2D eigenvalue weighted by molar-refractivity contribution is 0.597. The molecule has 0 saturated carbocycles. The van der Waals surface area contributed by atoms with E-state index < -0.39 is 9.84 Å². The molecule has 0 bridgehead atoms. The van der Waals surface area contributed by atoms with Crippen LogP contribution in [0.3, 0.4) is 0 Å². The zero-order valence-corrected chi connectivity index (χ0v) is 12.3. The van der Waals surface area contributed by atoms with E-state index in [4.69, 9.17) is 5.73 Å². The maximum absolute atomic E-state index is 12.8. The van der Waals surface area contributed by atoms with Crippen molar-refractivity contribution in [3.05, 3.63) is 42.5 Å². The second-order valence-electron chi connectivity index (χ2n) is 5.52. The van der Waals surface area contributed by atoms with Gasteiger partial charge in [-0.05, 0) is 23.7 Å². The summed E-state index contributed by atoms with van der Waals surface area (Å²) in [5.74, 6) is 0.273. The molecule has 2 aromatic carbocycles. The van der Waals surface area contributed by atoms with E-state index in [1.54, 1.807) is 30.3 Å². The van der Waals surface area contributed by atoms with Crippen molar-refractivity contribution in [3.8, 4) is 0 Å². The molecule has 0 fully saturated rings. The number of nitrogen functional groups attached to an aromatic ring is 1. The van der Waals surface area contributed by atoms with Gasteiger partial charge in [-0.1, -0.05) is 49.4 Å². The summed E-state index contributed by atoms with van der Waals surface area (Å²) in [7, 11) is -3.47. The van der Waals surface area contributed by atoms with Crippen LogP contribution in [0.25, 0.3) is 0 Å². The summed E-state index contributed by atoms with van der Waals surface area (Å²) in [5.41, 5.74) is 8.24. The summed E-state index contributed by atoms with van der Waals surface area (Å²) in [6.45, 7) is 4.21. The van der Waals surface area contributed by atoms with Gasteiger partial charge < -0.3 is 5.73 Å². The van der Waals surface area contributed by atoms with Gasteiger partial charge in [0.1, 0.15) is 0 Å². The first kappa shape index (κ1) is 13.2. The summed E-state index contributed by atoms with van der Waals surface area (Å²) >= 11 is 0. The van der Waals surface area contributed by atoms with Gasteiger partial charge in [0.15, 0.2) is 0 Å². The third-order valence-electron chi connectivity index (χ3n) is 3.91. The first-order valence-corrected chi connectivity index (χ1v) is 8.15. The minimum atomic E-state index is -3.47. The fourth-order valence-corrected chi connectivity index (χ4v) is 4.87. The van der Waals surface area contributed by atoms with E-state index in [-0.39, 0.29) is 12.5 Å². The Morgan fingerprint density at radius 2 is 1.65 bits per heavy atom. The quantitative estimate of drug-likeness (QED) is 0.637. The molecule has 20 heavy (non-hydrogen) atoms. The minimum Gasteiger partial charge on any atom is -0.399 e. The van der Waals surface area contributed by atoms with Crippen molar-refractivity contribution in [2.75, 3.05) is 5.73 Å². The molecule has 2 aromatic rings. The molecule has 0 atom stereocenters. The number of nitrogens with two attached hydrogens (primary N) is 1. The number of rotatable bonds is 1. The largest absolute Gasteiger partial charge is 0.399 e. The van der Waals surface area contributed by atoms with Gasteiger partial charge in [0.05, 0.1) is 9.79 Å². The molecule has 0 unspecified atom stereocenters. The Hall–Kier alpha value is -1.75. The number of fused-ring (bicyclic) bond motifs is 2. The first-order valence-electron chi connectivity index (χ1n) is 6.67. The van der Waals surface area contributed by atoms with Gasteiger partial charge >= 0.3 is 0 Å². The average Bonchev–Trinajstić information content (AvgIpc) is 2.40. The van der Waals surface area contributed by atoms with Crippen LogP contribution in [0.15, 0.2) is 52.3 Å². The van der Waals surface area contributed by atoms with Crippen LogP contribution in [-0.2, 0) is 9.84 Å². The van der Waals surface area contributed by atoms with Crippen LogP contribution < -0.4 is 16.7 Å². The first-order chi connectivity index (χ1) is 9.44. The number of sulfone groups is 1. The van der Waals surface area contributed by atoms with Crippen LogP contribution in [-0.4, -0.2) is 15.1 Å². The second kappa shape index (κ2) is 4.38. The molecule has 5 heteroatoms. The lowest BCUT2D eigenvalue weighted by atomic mass is 9.34. The van der Waals surface area contributed by atoms with Crippen molar-refractivity contribution in [2.45, 2.75) is 29.5 Å². The highest BCUT2D eigenvalue weighted by Gasteiger charge is 2.39. The lowest BCUT2D eigenvalue weighted by Crippen LogP contribution is -2.53. The van der Waals surface area contributed by atoms with Crippen LogP contribution in [0.1, 0.15) is 13.8 Å². The molecule has 1 heterocycles. The van der Waals surface area contributed by atoms with Crippen LogP contribution in [0.5, 0.6) is 0 Å². The van der Waals surface area contributed by atoms with Gasteiger partial charge in [-0.3, -0.25) is 0 Å². The Morgan fingerprint density at radius 3 is 2.35 bits per heavy atom. The summed E-state index contributed by atoms with van der Waals surface area (Å²) in [6, 6.07) is 12.4. The molecule has 0 saturated heterocycles. The van der Waals surface area contributed by atoms with E-state index in [1.165, 1.54) is 0 Å². The summed E-state index contributed by atoms with van der Waals surface area (Å²) in [4.78, 5) is 0.770. The van der Waals surface area contributed by atoms with Crippen molar-refractivity contribution >= 4 is 33.2 Å². The standard InChI is InChI=1S/C15H16BNO2S/c1-10(2)16-11-6-3-4-8-13(11)20(18,19)14-9-5-7-12(17)15(14)16/h3-10H,17H2,1-2H3. The van der Waals surface area contributed by atoms with E-state index in [2.05, 4.69) is 13.8 Å². The predicted molar refractivity (Wildman–Crippen MR) is 82.9 cm³/mol. The smallest absolute Gasteiger partial charge is 0.218 e. The van der Waals surface area contributed by atoms with Gasteiger partial charge in [0.25, 0.3) is 0 Å². The van der Waals surface area contributed by atoms with Crippen molar-refractivity contribution in [2.24, 2.45) is 0 Å². The van der Waals surface area contributed by atoms with Gasteiger partial charge in [-0.25, -0.2) is 8.42 Å². The fraction of sp³-hybridized carbons (Fsp3) is 0.200. The second-order valence-corrected chi connectivity index (χ2v) is 7.41. The number of hydrogen-bond donors (Lipinski definition) is 1. The fourth-order valence-electron chi connectivity index (χ4n) is 3.08. The molecule has 0 aliphatic carbocycles. The van der Waals surface area contributed by atoms with E-state index in [0.29, 0.717) is 15.5 Å². The molecule has 0 radical (unpaired) electrons. The molecule has 0 aromatic heterocycles. The highest BCUT2D eigenvalue weighted by atomic mass is 32.2. The van der Waals surface area contributed by atoms with E-state index in [1.807, 2.05) is 12.1 Å². The molecule has 1 aliphatic heterocycles. The highest BCUT2D eigenvalue weighted by Crippen LogP contribution is 2.28. The highest BCUT2D eigenvalue weighted by molar-refractivity contribution is 7.92. The van der Waals surface area contributed by atoms with Crippen LogP contribution >= 0.6 is 0 Å². The maximum Gasteiger partial charge on any atom is 0.218 e.